The number of carbonyl (C=O) groups is 2. The van der Waals surface area contributed by atoms with Gasteiger partial charge in [0.05, 0.1) is 18.2 Å². The van der Waals surface area contributed by atoms with Gasteiger partial charge in [-0.05, 0) is 59.0 Å². The zero-order valence-electron chi connectivity index (χ0n) is 18.5. The standard InChI is InChI=1S/C27H24O5/c1-27(2,3)19-9-7-18(8-10-19)26(29)31-21-13-14-22-23(16-21)32-24(25(22)28)15-17-5-11-20(30-4)12-6-17/h5-16H,1-4H3. The molecule has 0 spiro atoms. The Balaban J connectivity index is 1.49. The summed E-state index contributed by atoms with van der Waals surface area (Å²) in [5.41, 5.74) is 2.83. The van der Waals surface area contributed by atoms with Gasteiger partial charge in [-0.15, -0.1) is 0 Å². The van der Waals surface area contributed by atoms with Crippen molar-refractivity contribution in [1.29, 1.82) is 0 Å². The molecule has 32 heavy (non-hydrogen) atoms. The molecule has 3 aromatic carbocycles. The summed E-state index contributed by atoms with van der Waals surface area (Å²) >= 11 is 0. The Morgan fingerprint density at radius 1 is 0.906 bits per heavy atom. The molecule has 0 amide bonds. The molecule has 0 saturated heterocycles. The Labute approximate surface area is 187 Å². The molecule has 1 aliphatic rings. The predicted octanol–water partition coefficient (Wildman–Crippen LogP) is 5.83. The first kappa shape index (κ1) is 21.4. The van der Waals surface area contributed by atoms with E-state index >= 15 is 0 Å². The molecule has 0 bridgehead atoms. The third-order valence-electron chi connectivity index (χ3n) is 5.25. The minimum Gasteiger partial charge on any atom is -0.497 e. The predicted molar refractivity (Wildman–Crippen MR) is 122 cm³/mol. The molecule has 1 heterocycles. The number of fused-ring (bicyclic) bond motifs is 1. The first-order chi connectivity index (χ1) is 15.2. The normalized spacial score (nSPS) is 14.1. The summed E-state index contributed by atoms with van der Waals surface area (Å²) in [4.78, 5) is 25.2. The van der Waals surface area contributed by atoms with Crippen LogP contribution in [-0.2, 0) is 5.41 Å². The number of hydrogen-bond donors (Lipinski definition) is 0. The molecule has 3 aromatic rings. The van der Waals surface area contributed by atoms with E-state index in [1.165, 1.54) is 0 Å². The first-order valence-electron chi connectivity index (χ1n) is 10.3. The number of benzene rings is 3. The van der Waals surface area contributed by atoms with Gasteiger partial charge in [0.25, 0.3) is 0 Å². The molecule has 0 aliphatic carbocycles. The van der Waals surface area contributed by atoms with Gasteiger partial charge in [-0.25, -0.2) is 4.79 Å². The van der Waals surface area contributed by atoms with Gasteiger partial charge in [0.15, 0.2) is 5.76 Å². The van der Waals surface area contributed by atoms with Gasteiger partial charge in [0.2, 0.25) is 5.78 Å². The maximum atomic E-state index is 12.7. The minimum atomic E-state index is -0.469. The van der Waals surface area contributed by atoms with E-state index < -0.39 is 5.97 Å². The van der Waals surface area contributed by atoms with Crippen LogP contribution >= 0.6 is 0 Å². The number of methoxy groups -OCH3 is 1. The Morgan fingerprint density at radius 3 is 2.19 bits per heavy atom. The van der Waals surface area contributed by atoms with Crippen LogP contribution in [-0.4, -0.2) is 18.9 Å². The second-order valence-electron chi connectivity index (χ2n) is 8.59. The van der Waals surface area contributed by atoms with Gasteiger partial charge in [0.1, 0.15) is 17.2 Å². The summed E-state index contributed by atoms with van der Waals surface area (Å²) in [5.74, 6) is 0.936. The van der Waals surface area contributed by atoms with Gasteiger partial charge in [-0.1, -0.05) is 45.0 Å². The van der Waals surface area contributed by atoms with E-state index in [-0.39, 0.29) is 17.0 Å². The van der Waals surface area contributed by atoms with Gasteiger partial charge in [-0.3, -0.25) is 4.79 Å². The summed E-state index contributed by atoms with van der Waals surface area (Å²) in [5, 5.41) is 0. The van der Waals surface area contributed by atoms with Crippen molar-refractivity contribution in [3.8, 4) is 17.2 Å². The van der Waals surface area contributed by atoms with E-state index in [1.54, 1.807) is 43.5 Å². The number of ether oxygens (including phenoxy) is 3. The van der Waals surface area contributed by atoms with Crippen molar-refractivity contribution in [1.82, 2.24) is 0 Å². The Morgan fingerprint density at radius 2 is 1.56 bits per heavy atom. The molecule has 0 N–H and O–H groups in total. The number of carbonyl (C=O) groups excluding carboxylic acids is 2. The maximum absolute atomic E-state index is 12.7. The highest BCUT2D eigenvalue weighted by atomic mass is 16.5. The van der Waals surface area contributed by atoms with Gasteiger partial charge < -0.3 is 14.2 Å². The fourth-order valence-corrected chi connectivity index (χ4v) is 3.35. The van der Waals surface area contributed by atoms with Crippen LogP contribution in [0.5, 0.6) is 17.2 Å². The van der Waals surface area contributed by atoms with Gasteiger partial charge in [0, 0.05) is 6.07 Å². The third-order valence-corrected chi connectivity index (χ3v) is 5.25. The van der Waals surface area contributed by atoms with Crippen molar-refractivity contribution in [3.05, 3.63) is 94.7 Å². The van der Waals surface area contributed by atoms with Crippen molar-refractivity contribution in [2.75, 3.05) is 7.11 Å². The lowest BCUT2D eigenvalue weighted by Gasteiger charge is -2.18. The van der Waals surface area contributed by atoms with E-state index in [0.717, 1.165) is 16.9 Å². The van der Waals surface area contributed by atoms with Crippen LogP contribution in [0.15, 0.2) is 72.5 Å². The zero-order chi connectivity index (χ0) is 22.9. The maximum Gasteiger partial charge on any atom is 0.343 e. The first-order valence-corrected chi connectivity index (χ1v) is 10.3. The highest BCUT2D eigenvalue weighted by molar-refractivity contribution is 6.14. The fraction of sp³-hybridized carbons (Fsp3) is 0.185. The van der Waals surface area contributed by atoms with Crippen LogP contribution in [0.2, 0.25) is 0 Å². The van der Waals surface area contributed by atoms with Crippen LogP contribution in [0, 0.1) is 0 Å². The number of rotatable bonds is 4. The van der Waals surface area contributed by atoms with Crippen LogP contribution in [0.25, 0.3) is 6.08 Å². The lowest BCUT2D eigenvalue weighted by molar-refractivity contribution is 0.0734. The molecule has 0 radical (unpaired) electrons. The van der Waals surface area contributed by atoms with Crippen LogP contribution < -0.4 is 14.2 Å². The van der Waals surface area contributed by atoms with Crippen molar-refractivity contribution < 1.29 is 23.8 Å². The summed E-state index contributed by atoms with van der Waals surface area (Å²) in [6, 6.07) is 19.4. The number of hydrogen-bond acceptors (Lipinski definition) is 5. The Hall–Kier alpha value is -3.86. The molecule has 1 aliphatic heterocycles. The number of ketones is 1. The Bertz CT molecular complexity index is 1200. The van der Waals surface area contributed by atoms with E-state index in [2.05, 4.69) is 20.8 Å². The van der Waals surface area contributed by atoms with Gasteiger partial charge in [-0.2, -0.15) is 0 Å². The zero-order valence-corrected chi connectivity index (χ0v) is 18.5. The van der Waals surface area contributed by atoms with Crippen LogP contribution in [0.1, 0.15) is 52.6 Å². The fourth-order valence-electron chi connectivity index (χ4n) is 3.35. The van der Waals surface area contributed by atoms with Crippen LogP contribution in [0.4, 0.5) is 0 Å². The summed E-state index contributed by atoms with van der Waals surface area (Å²) in [6.07, 6.45) is 1.67. The SMILES string of the molecule is COc1ccc(C=C2Oc3cc(OC(=O)c4ccc(C(C)(C)C)cc4)ccc3C2=O)cc1. The second kappa shape index (κ2) is 8.35. The van der Waals surface area contributed by atoms with Crippen molar-refractivity contribution in [3.63, 3.8) is 0 Å². The molecule has 0 saturated carbocycles. The smallest absolute Gasteiger partial charge is 0.343 e. The van der Waals surface area contributed by atoms with E-state index in [4.69, 9.17) is 14.2 Å². The molecule has 5 nitrogen and oxygen atoms in total. The van der Waals surface area contributed by atoms with E-state index in [9.17, 15) is 9.59 Å². The summed E-state index contributed by atoms with van der Waals surface area (Å²) in [7, 11) is 1.60. The van der Waals surface area contributed by atoms with Crippen molar-refractivity contribution in [2.45, 2.75) is 26.2 Å². The topological polar surface area (TPSA) is 61.8 Å². The molecule has 0 aromatic heterocycles. The molecule has 162 valence electrons. The quantitative estimate of drug-likeness (QED) is 0.297. The second-order valence-corrected chi connectivity index (χ2v) is 8.59. The molecule has 0 atom stereocenters. The number of allylic oxidation sites excluding steroid dienone is 1. The minimum absolute atomic E-state index is 0.00331. The average Bonchev–Trinajstić information content (AvgIpc) is 3.08. The van der Waals surface area contributed by atoms with Crippen molar-refractivity contribution in [2.24, 2.45) is 0 Å². The molecule has 4 rings (SSSR count). The highest BCUT2D eigenvalue weighted by Crippen LogP contribution is 2.35. The van der Waals surface area contributed by atoms with Crippen LogP contribution in [0.3, 0.4) is 0 Å². The molecule has 5 heteroatoms. The number of Topliss-reactive ketones (excluding diaryl/α,β-unsaturated/α-hetero) is 1. The largest absolute Gasteiger partial charge is 0.497 e. The van der Waals surface area contributed by atoms with E-state index in [0.29, 0.717) is 22.6 Å². The third kappa shape index (κ3) is 4.42. The lowest BCUT2D eigenvalue weighted by Crippen LogP contribution is -2.12. The summed E-state index contributed by atoms with van der Waals surface area (Å²) < 4.78 is 16.4. The summed E-state index contributed by atoms with van der Waals surface area (Å²) in [6.45, 7) is 6.34. The molecule has 0 unspecified atom stereocenters. The highest BCUT2D eigenvalue weighted by Gasteiger charge is 2.28. The molecule has 0 fully saturated rings. The molecular weight excluding hydrogens is 404 g/mol. The Kier molecular flexibility index (Phi) is 5.57. The van der Waals surface area contributed by atoms with E-state index in [1.807, 2.05) is 36.4 Å². The average molecular weight is 428 g/mol. The number of esters is 1. The lowest BCUT2D eigenvalue weighted by atomic mass is 9.87. The van der Waals surface area contributed by atoms with Crippen molar-refractivity contribution >= 4 is 17.8 Å². The molecular formula is C27H24O5. The van der Waals surface area contributed by atoms with Gasteiger partial charge >= 0.3 is 5.97 Å². The monoisotopic (exact) mass is 428 g/mol.